The zero-order valence-electron chi connectivity index (χ0n) is 16.3. The number of morpholine rings is 1. The lowest BCUT2D eigenvalue weighted by Gasteiger charge is -2.36. The van der Waals surface area contributed by atoms with Crippen molar-refractivity contribution in [3.05, 3.63) is 64.7 Å². The van der Waals surface area contributed by atoms with Crippen LogP contribution in [-0.4, -0.2) is 59.8 Å². The van der Waals surface area contributed by atoms with E-state index in [9.17, 15) is 14.7 Å². The molecule has 0 aromatic heterocycles. The Balaban J connectivity index is 1.69. The van der Waals surface area contributed by atoms with Gasteiger partial charge in [-0.3, -0.25) is 0 Å². The minimum atomic E-state index is -1.00. The molecule has 0 aliphatic carbocycles. The lowest BCUT2D eigenvalue weighted by atomic mass is 10.0. The van der Waals surface area contributed by atoms with Crippen LogP contribution in [0.1, 0.15) is 33.1 Å². The number of rotatable bonds is 2. The molecule has 0 saturated carbocycles. The van der Waals surface area contributed by atoms with Gasteiger partial charge in [0, 0.05) is 18.7 Å². The smallest absolute Gasteiger partial charge is 0.335 e. The lowest BCUT2D eigenvalue weighted by molar-refractivity contribution is 0.0362. The molecule has 2 aromatic carbocycles. The van der Waals surface area contributed by atoms with Gasteiger partial charge >= 0.3 is 12.0 Å². The van der Waals surface area contributed by atoms with Gasteiger partial charge < -0.3 is 24.4 Å². The normalized spacial score (nSPS) is 19.1. The molecule has 0 spiro atoms. The third-order valence-electron chi connectivity index (χ3n) is 5.42. The average molecular weight is 396 g/mol. The van der Waals surface area contributed by atoms with Crippen molar-refractivity contribution in [1.29, 1.82) is 0 Å². The number of carbonyl (C=O) groups is 2. The van der Waals surface area contributed by atoms with Crippen molar-refractivity contribution in [2.24, 2.45) is 0 Å². The number of hydrogen-bond donors (Lipinski definition) is 1. The van der Waals surface area contributed by atoms with E-state index in [-0.39, 0.29) is 24.2 Å². The monoisotopic (exact) mass is 396 g/mol. The standard InChI is InChI=1S/C22H24N2O5/c1-15-2-4-16(5-3-15)19-14-29-20-12-17(21(25)26)6-7-18(20)13-24(19)22(27)23-8-10-28-11-9-23/h2-7,12,19H,8-11,13-14H2,1H3,(H,25,26)/t19-/m1/s1. The van der Waals surface area contributed by atoms with Crippen molar-refractivity contribution in [2.75, 3.05) is 32.9 Å². The van der Waals surface area contributed by atoms with Gasteiger partial charge in [-0.2, -0.15) is 0 Å². The molecule has 4 rings (SSSR count). The minimum Gasteiger partial charge on any atom is -0.491 e. The highest BCUT2D eigenvalue weighted by Crippen LogP contribution is 2.33. The number of fused-ring (bicyclic) bond motifs is 1. The molecule has 152 valence electrons. The predicted molar refractivity (Wildman–Crippen MR) is 106 cm³/mol. The van der Waals surface area contributed by atoms with Gasteiger partial charge in [0.25, 0.3) is 0 Å². The number of aryl methyl sites for hydroxylation is 1. The Hall–Kier alpha value is -3.06. The van der Waals surface area contributed by atoms with Gasteiger partial charge in [-0.25, -0.2) is 9.59 Å². The van der Waals surface area contributed by atoms with Crippen LogP contribution in [-0.2, 0) is 11.3 Å². The number of ether oxygens (including phenoxy) is 2. The van der Waals surface area contributed by atoms with E-state index in [4.69, 9.17) is 9.47 Å². The molecular formula is C22H24N2O5. The summed E-state index contributed by atoms with van der Waals surface area (Å²) < 4.78 is 11.4. The molecule has 2 aromatic rings. The number of urea groups is 1. The molecule has 0 unspecified atom stereocenters. The maximum Gasteiger partial charge on any atom is 0.335 e. The second-order valence-electron chi connectivity index (χ2n) is 7.38. The number of carbonyl (C=O) groups excluding carboxylic acids is 1. The van der Waals surface area contributed by atoms with Gasteiger partial charge in [0.15, 0.2) is 0 Å². The van der Waals surface area contributed by atoms with Crippen LogP contribution in [0.5, 0.6) is 5.75 Å². The van der Waals surface area contributed by atoms with Crippen molar-refractivity contribution in [3.63, 3.8) is 0 Å². The molecule has 2 amide bonds. The molecule has 2 heterocycles. The fourth-order valence-electron chi connectivity index (χ4n) is 3.71. The van der Waals surface area contributed by atoms with Gasteiger partial charge in [-0.05, 0) is 24.6 Å². The summed E-state index contributed by atoms with van der Waals surface area (Å²) in [5, 5.41) is 9.28. The molecule has 1 N–H and O–H groups in total. The summed E-state index contributed by atoms with van der Waals surface area (Å²) in [6.07, 6.45) is 0. The zero-order valence-corrected chi connectivity index (χ0v) is 16.3. The maximum atomic E-state index is 13.4. The number of hydrogen-bond acceptors (Lipinski definition) is 4. The van der Waals surface area contributed by atoms with Crippen LogP contribution in [0.3, 0.4) is 0 Å². The molecule has 1 atom stereocenters. The number of benzene rings is 2. The third-order valence-corrected chi connectivity index (χ3v) is 5.42. The summed E-state index contributed by atoms with van der Waals surface area (Å²) in [5.74, 6) is -0.490. The van der Waals surface area contributed by atoms with E-state index in [1.165, 1.54) is 6.07 Å². The molecule has 2 aliphatic rings. The Morgan fingerprint density at radius 3 is 2.48 bits per heavy atom. The summed E-state index contributed by atoms with van der Waals surface area (Å²) in [7, 11) is 0. The first-order valence-electron chi connectivity index (χ1n) is 9.72. The van der Waals surface area contributed by atoms with E-state index in [0.717, 1.165) is 16.7 Å². The largest absolute Gasteiger partial charge is 0.491 e. The van der Waals surface area contributed by atoms with Gasteiger partial charge in [0.2, 0.25) is 0 Å². The Morgan fingerprint density at radius 2 is 1.79 bits per heavy atom. The molecule has 1 fully saturated rings. The maximum absolute atomic E-state index is 13.4. The molecular weight excluding hydrogens is 372 g/mol. The van der Waals surface area contributed by atoms with Gasteiger partial charge in [0.05, 0.1) is 31.4 Å². The highest BCUT2D eigenvalue weighted by atomic mass is 16.5. The lowest BCUT2D eigenvalue weighted by Crippen LogP contribution is -2.49. The van der Waals surface area contributed by atoms with Crippen LogP contribution >= 0.6 is 0 Å². The van der Waals surface area contributed by atoms with Crippen molar-refractivity contribution in [2.45, 2.75) is 19.5 Å². The van der Waals surface area contributed by atoms with Gasteiger partial charge in [0.1, 0.15) is 12.4 Å². The number of amides is 2. The molecule has 7 heteroatoms. The van der Waals surface area contributed by atoms with Gasteiger partial charge in [-0.15, -0.1) is 0 Å². The molecule has 1 saturated heterocycles. The summed E-state index contributed by atoms with van der Waals surface area (Å²) in [4.78, 5) is 28.3. The summed E-state index contributed by atoms with van der Waals surface area (Å²) >= 11 is 0. The third kappa shape index (κ3) is 4.05. The SMILES string of the molecule is Cc1ccc([C@H]2COc3cc(C(=O)O)ccc3CN2C(=O)N2CCOCC2)cc1. The highest BCUT2D eigenvalue weighted by molar-refractivity contribution is 5.88. The fourth-order valence-corrected chi connectivity index (χ4v) is 3.71. The summed E-state index contributed by atoms with van der Waals surface area (Å²) in [6, 6.07) is 12.6. The summed E-state index contributed by atoms with van der Waals surface area (Å²) in [5.41, 5.74) is 3.10. The highest BCUT2D eigenvalue weighted by Gasteiger charge is 2.33. The fraction of sp³-hybridized carbons (Fsp3) is 0.364. The Bertz CT molecular complexity index is 906. The van der Waals surface area contributed by atoms with Crippen LogP contribution < -0.4 is 4.74 Å². The van der Waals surface area contributed by atoms with E-state index in [1.807, 2.05) is 36.1 Å². The van der Waals surface area contributed by atoms with Crippen molar-refractivity contribution in [1.82, 2.24) is 9.80 Å². The Labute approximate surface area is 169 Å². The first-order chi connectivity index (χ1) is 14.0. The Kier molecular flexibility index (Phi) is 5.40. The number of carboxylic acid groups (broad SMARTS) is 1. The average Bonchev–Trinajstić information content (AvgIpc) is 2.93. The van der Waals surface area contributed by atoms with Crippen LogP contribution in [0, 0.1) is 6.92 Å². The minimum absolute atomic E-state index is 0.0577. The van der Waals surface area contributed by atoms with Crippen molar-refractivity contribution in [3.8, 4) is 5.75 Å². The zero-order chi connectivity index (χ0) is 20.4. The molecule has 0 bridgehead atoms. The number of nitrogens with zero attached hydrogens (tertiary/aromatic N) is 2. The molecule has 0 radical (unpaired) electrons. The van der Waals surface area contributed by atoms with E-state index >= 15 is 0 Å². The van der Waals surface area contributed by atoms with Crippen LogP contribution in [0.4, 0.5) is 4.79 Å². The quantitative estimate of drug-likeness (QED) is 0.844. The molecule has 7 nitrogen and oxygen atoms in total. The van der Waals surface area contributed by atoms with Crippen LogP contribution in [0.2, 0.25) is 0 Å². The molecule has 29 heavy (non-hydrogen) atoms. The van der Waals surface area contributed by atoms with Crippen LogP contribution in [0.25, 0.3) is 0 Å². The van der Waals surface area contributed by atoms with Gasteiger partial charge in [-0.1, -0.05) is 35.9 Å². The van der Waals surface area contributed by atoms with E-state index < -0.39 is 5.97 Å². The topological polar surface area (TPSA) is 79.3 Å². The number of aromatic carboxylic acids is 1. The van der Waals surface area contributed by atoms with Crippen molar-refractivity contribution >= 4 is 12.0 Å². The predicted octanol–water partition coefficient (Wildman–Crippen LogP) is 3.08. The number of carboxylic acids is 1. The van der Waals surface area contributed by atoms with Crippen molar-refractivity contribution < 1.29 is 24.2 Å². The summed E-state index contributed by atoms with van der Waals surface area (Å²) in [6.45, 7) is 4.81. The van der Waals surface area contributed by atoms with E-state index in [2.05, 4.69) is 0 Å². The van der Waals surface area contributed by atoms with E-state index in [0.29, 0.717) is 38.6 Å². The molecule has 2 aliphatic heterocycles. The Morgan fingerprint density at radius 1 is 1.07 bits per heavy atom. The second kappa shape index (κ2) is 8.13. The van der Waals surface area contributed by atoms with E-state index in [1.54, 1.807) is 17.0 Å². The van der Waals surface area contributed by atoms with Crippen LogP contribution in [0.15, 0.2) is 42.5 Å². The first-order valence-corrected chi connectivity index (χ1v) is 9.72. The first kappa shape index (κ1) is 19.3. The second-order valence-corrected chi connectivity index (χ2v) is 7.38.